The van der Waals surface area contributed by atoms with Gasteiger partial charge in [0.25, 0.3) is 11.8 Å². The first-order chi connectivity index (χ1) is 27.5. The zero-order valence-electron chi connectivity index (χ0n) is 34.8. The van der Waals surface area contributed by atoms with Gasteiger partial charge in [-0.05, 0) is 93.9 Å². The molecule has 0 radical (unpaired) electrons. The number of fused-ring (bicyclic) bond motifs is 3. The van der Waals surface area contributed by atoms with Gasteiger partial charge < -0.3 is 34.6 Å². The number of hydrogen-bond donors (Lipinski definition) is 3. The minimum Gasteiger partial charge on any atom is -0.497 e. The van der Waals surface area contributed by atoms with Crippen molar-refractivity contribution in [3.63, 3.8) is 0 Å². The molecular weight excluding hydrogens is 791 g/mol. The van der Waals surface area contributed by atoms with E-state index in [0.717, 1.165) is 19.2 Å². The molecule has 0 bridgehead atoms. The number of nitrogens with zero attached hydrogens (tertiary/aromatic N) is 3. The van der Waals surface area contributed by atoms with Crippen LogP contribution in [0.15, 0.2) is 36.4 Å². The molecule has 1 saturated heterocycles. The van der Waals surface area contributed by atoms with Gasteiger partial charge in [0.15, 0.2) is 5.60 Å². The number of sulfonamides is 1. The van der Waals surface area contributed by atoms with Crippen molar-refractivity contribution in [1.29, 1.82) is 0 Å². The number of alkyl carbamates (subject to hydrolysis) is 1. The number of carbonyl (C=O) groups excluding carboxylic acids is 4. The van der Waals surface area contributed by atoms with Gasteiger partial charge in [0.2, 0.25) is 27.7 Å². The Morgan fingerprint density at radius 1 is 1.07 bits per heavy atom. The van der Waals surface area contributed by atoms with Crippen LogP contribution >= 0.6 is 0 Å². The number of benzene rings is 1. The zero-order valence-corrected chi connectivity index (χ0v) is 35.7. The van der Waals surface area contributed by atoms with E-state index in [9.17, 15) is 36.4 Å². The number of methoxy groups -OCH3 is 1. The summed E-state index contributed by atoms with van der Waals surface area (Å²) in [5, 5.41) is 6.11. The summed E-state index contributed by atoms with van der Waals surface area (Å²) in [5.41, 5.74) is -3.82. The summed E-state index contributed by atoms with van der Waals surface area (Å²) >= 11 is 0. The van der Waals surface area contributed by atoms with Crippen LogP contribution in [0.25, 0.3) is 10.8 Å². The third-order valence-electron chi connectivity index (χ3n) is 12.0. The molecule has 18 heteroatoms. The number of halogens is 2. The summed E-state index contributed by atoms with van der Waals surface area (Å²) in [6.07, 6.45) is 4.26. The summed E-state index contributed by atoms with van der Waals surface area (Å²) in [4.78, 5) is 64.5. The van der Waals surface area contributed by atoms with Crippen molar-refractivity contribution in [2.24, 2.45) is 17.8 Å². The maximum absolute atomic E-state index is 14.9. The van der Waals surface area contributed by atoms with Crippen LogP contribution in [0, 0.1) is 17.8 Å². The molecule has 3 heterocycles. The van der Waals surface area contributed by atoms with Crippen molar-refractivity contribution in [2.45, 2.75) is 120 Å². The van der Waals surface area contributed by atoms with Crippen molar-refractivity contribution in [2.75, 3.05) is 32.6 Å². The number of pyridine rings is 1. The molecule has 7 atom stereocenters. The Balaban J connectivity index is 1.37. The van der Waals surface area contributed by atoms with E-state index in [1.54, 1.807) is 31.1 Å². The average Bonchev–Trinajstić information content (AvgIpc) is 4.07. The summed E-state index contributed by atoms with van der Waals surface area (Å²) in [6.45, 7) is 6.36. The normalized spacial score (nSPS) is 28.5. The number of nitrogens with one attached hydrogen (secondary N) is 3. The lowest BCUT2D eigenvalue weighted by atomic mass is 9.88. The highest BCUT2D eigenvalue weighted by Crippen LogP contribution is 2.46. The van der Waals surface area contributed by atoms with Crippen LogP contribution in [0.2, 0.25) is 0 Å². The van der Waals surface area contributed by atoms with Crippen LogP contribution in [-0.4, -0.2) is 110 Å². The van der Waals surface area contributed by atoms with Gasteiger partial charge in [-0.3, -0.25) is 19.1 Å². The number of alkyl halides is 2. The topological polar surface area (TPSA) is 186 Å². The molecule has 2 saturated carbocycles. The second-order valence-electron chi connectivity index (χ2n) is 17.4. The Kier molecular flexibility index (Phi) is 12.2. The summed E-state index contributed by atoms with van der Waals surface area (Å²) in [5.74, 6) is -5.33. The Bertz CT molecular complexity index is 2110. The fourth-order valence-corrected chi connectivity index (χ4v) is 9.13. The standard InChI is InChI=1S/C41H56F2N6O9S/c1-23-11-9-10-12-26-21-41(26,37(52)47-59(54,55)29-14-15-29)46-34(50)31-20-28(57-35-30-16-13-27(56-8)18-25(30)19-32(44-35)48(6)7)22-49(31)36(51)33(24(2)17-23)45-38(53)58-39(3,4)40(5,42)43/h10,12-13,16,18-19,23-24,26,28-29,31,33H,9,11,14-15,17,20-22H2,1-8H3,(H,45,53)(H,46,50)(H,47,52)/b12-10-/t23-,24-,26-,28-,31+,33?,41-/m1/s1. The maximum atomic E-state index is 14.9. The molecule has 2 aliphatic carbocycles. The Hall–Kier alpha value is -4.74. The number of rotatable bonds is 10. The summed E-state index contributed by atoms with van der Waals surface area (Å²) in [7, 11) is 1.23. The minimum atomic E-state index is -3.96. The molecule has 6 rings (SSSR count). The molecule has 1 aromatic carbocycles. The fraction of sp³-hybridized carbons (Fsp3) is 0.634. The van der Waals surface area contributed by atoms with Gasteiger partial charge in [-0.2, -0.15) is 4.98 Å². The van der Waals surface area contributed by atoms with E-state index >= 15 is 0 Å². The third kappa shape index (κ3) is 9.52. The highest BCUT2D eigenvalue weighted by atomic mass is 32.2. The lowest BCUT2D eigenvalue weighted by Gasteiger charge is -2.35. The Labute approximate surface area is 344 Å². The van der Waals surface area contributed by atoms with Gasteiger partial charge in [-0.1, -0.05) is 26.0 Å². The molecule has 1 unspecified atom stereocenters. The molecule has 2 aromatic rings. The van der Waals surface area contributed by atoms with Gasteiger partial charge in [0.1, 0.15) is 35.3 Å². The number of allylic oxidation sites excluding steroid dienone is 1. The van der Waals surface area contributed by atoms with Crippen LogP contribution in [0.1, 0.15) is 79.6 Å². The second-order valence-corrected chi connectivity index (χ2v) is 19.4. The first kappa shape index (κ1) is 43.8. The van der Waals surface area contributed by atoms with Crippen molar-refractivity contribution < 1.29 is 50.6 Å². The molecule has 0 spiro atoms. The molecule has 4 aliphatic rings. The first-order valence-corrected chi connectivity index (χ1v) is 21.6. The van der Waals surface area contributed by atoms with Gasteiger partial charge >= 0.3 is 6.09 Å². The molecule has 15 nitrogen and oxygen atoms in total. The molecule has 3 N–H and O–H groups in total. The molecule has 2 aliphatic heterocycles. The molecular formula is C41H56F2N6O9S. The number of hydrogen-bond acceptors (Lipinski definition) is 11. The summed E-state index contributed by atoms with van der Waals surface area (Å²) < 4.78 is 74.1. The minimum absolute atomic E-state index is 0.0208. The predicted molar refractivity (Wildman–Crippen MR) is 216 cm³/mol. The average molecular weight is 847 g/mol. The van der Waals surface area contributed by atoms with Crippen LogP contribution in [0.5, 0.6) is 11.6 Å². The van der Waals surface area contributed by atoms with Crippen LogP contribution in [-0.2, 0) is 29.1 Å². The lowest BCUT2D eigenvalue weighted by Crippen LogP contribution is -2.59. The quantitative estimate of drug-likeness (QED) is 0.282. The smallest absolute Gasteiger partial charge is 0.408 e. The van der Waals surface area contributed by atoms with E-state index in [1.807, 2.05) is 45.3 Å². The molecule has 3 fully saturated rings. The highest BCUT2D eigenvalue weighted by molar-refractivity contribution is 7.91. The number of ether oxygens (including phenoxy) is 3. The first-order valence-electron chi connectivity index (χ1n) is 20.1. The third-order valence-corrected chi connectivity index (χ3v) is 13.8. The SMILES string of the molecule is COc1ccc2c(O[C@@H]3C[C@H]4C(=O)N[C@]5(C(=O)NS(=O)(=O)C6CC6)C[C@H]5/C=C\CC[C@@H](C)C[C@@H](C)C(NC(=O)OC(C)(C)C(C)(F)F)C(=O)N4C3)nc(N(C)C)cc2c1. The second kappa shape index (κ2) is 16.4. The van der Waals surface area contributed by atoms with E-state index in [2.05, 4.69) is 15.4 Å². The predicted octanol–water partition coefficient (Wildman–Crippen LogP) is 4.68. The van der Waals surface area contributed by atoms with Crippen molar-refractivity contribution in [1.82, 2.24) is 25.2 Å². The Morgan fingerprint density at radius 3 is 2.42 bits per heavy atom. The van der Waals surface area contributed by atoms with Crippen molar-refractivity contribution in [3.8, 4) is 11.6 Å². The van der Waals surface area contributed by atoms with E-state index in [-0.39, 0.29) is 31.2 Å². The zero-order chi connectivity index (χ0) is 43.2. The monoisotopic (exact) mass is 846 g/mol. The molecule has 1 aromatic heterocycles. The molecule has 4 amide bonds. The van der Waals surface area contributed by atoms with Crippen LogP contribution in [0.3, 0.4) is 0 Å². The molecule has 324 valence electrons. The lowest BCUT2D eigenvalue weighted by molar-refractivity contribution is -0.152. The highest BCUT2D eigenvalue weighted by Gasteiger charge is 2.62. The number of anilines is 1. The number of aromatic nitrogens is 1. The van der Waals surface area contributed by atoms with Crippen LogP contribution < -0.4 is 29.7 Å². The summed E-state index contributed by atoms with van der Waals surface area (Å²) in [6, 6.07) is 4.65. The fourth-order valence-electron chi connectivity index (χ4n) is 7.77. The van der Waals surface area contributed by atoms with Gasteiger partial charge in [-0.15, -0.1) is 0 Å². The largest absolute Gasteiger partial charge is 0.497 e. The van der Waals surface area contributed by atoms with Crippen molar-refractivity contribution in [3.05, 3.63) is 36.4 Å². The van der Waals surface area contributed by atoms with Gasteiger partial charge in [-0.25, -0.2) is 22.0 Å². The van der Waals surface area contributed by atoms with Gasteiger partial charge in [0, 0.05) is 38.7 Å². The Morgan fingerprint density at radius 2 is 1.78 bits per heavy atom. The van der Waals surface area contributed by atoms with E-state index in [1.165, 1.54) is 4.90 Å². The van der Waals surface area contributed by atoms with E-state index in [4.69, 9.17) is 19.2 Å². The van der Waals surface area contributed by atoms with Crippen molar-refractivity contribution >= 4 is 50.4 Å². The van der Waals surface area contributed by atoms with E-state index < -0.39 is 86.2 Å². The maximum Gasteiger partial charge on any atom is 0.408 e. The number of amides is 4. The van der Waals surface area contributed by atoms with E-state index in [0.29, 0.717) is 56.0 Å². The van der Waals surface area contributed by atoms with Crippen LogP contribution in [0.4, 0.5) is 19.4 Å². The number of carbonyl (C=O) groups is 4. The molecule has 59 heavy (non-hydrogen) atoms. The van der Waals surface area contributed by atoms with Gasteiger partial charge in [0.05, 0.1) is 18.9 Å².